The molecule has 0 aliphatic heterocycles. The van der Waals surface area contributed by atoms with Crippen molar-refractivity contribution in [2.24, 2.45) is 0 Å². The van der Waals surface area contributed by atoms with Gasteiger partial charge in [-0.3, -0.25) is 0 Å². The van der Waals surface area contributed by atoms with E-state index in [9.17, 15) is 4.79 Å². The molecule has 0 aromatic heterocycles. The lowest BCUT2D eigenvalue weighted by Gasteiger charge is -2.08. The predicted molar refractivity (Wildman–Crippen MR) is 83.2 cm³/mol. The highest BCUT2D eigenvalue weighted by Crippen LogP contribution is 2.17. The smallest absolute Gasteiger partial charge is 0.323 e. The monoisotopic (exact) mass is 288 g/mol. The molecule has 0 heterocycles. The first kappa shape index (κ1) is 14.4. The normalized spacial score (nSPS) is 10.1. The summed E-state index contributed by atoms with van der Waals surface area (Å²) in [7, 11) is 0. The van der Waals surface area contributed by atoms with Crippen LogP contribution in [0.4, 0.5) is 16.2 Å². The number of rotatable bonds is 4. The molecule has 0 fully saturated rings. The lowest BCUT2D eigenvalue weighted by atomic mass is 10.2. The Morgan fingerprint density at radius 1 is 1.00 bits per heavy atom. The van der Waals surface area contributed by atoms with Crippen molar-refractivity contribution in [1.29, 1.82) is 0 Å². The lowest BCUT2D eigenvalue weighted by molar-refractivity contribution is 0.262. The van der Waals surface area contributed by atoms with Crippen molar-refractivity contribution in [1.82, 2.24) is 0 Å². The summed E-state index contributed by atoms with van der Waals surface area (Å²) in [5, 5.41) is 14.4. The number of carbonyl (C=O) groups is 1. The van der Waals surface area contributed by atoms with Crippen LogP contribution in [0, 0.1) is 0 Å². The Balaban J connectivity index is 1.93. The second-order valence-corrected chi connectivity index (χ2v) is 5.04. The Bertz CT molecular complexity index is 516. The molecule has 0 saturated carbocycles. The Morgan fingerprint density at radius 3 is 1.95 bits per heavy atom. The molecule has 0 spiro atoms. The molecule has 3 N–H and O–H groups in total. The molecular weight excluding hydrogens is 272 g/mol. The van der Waals surface area contributed by atoms with Crippen LogP contribution in [0.25, 0.3) is 0 Å². The number of nitrogens with one attached hydrogen (secondary N) is 2. The number of hydrogen-bond donors (Lipinski definition) is 3. The molecule has 0 aliphatic rings. The largest absolute Gasteiger partial charge is 0.392 e. The van der Waals surface area contributed by atoms with Crippen LogP contribution in [0.2, 0.25) is 0 Å². The van der Waals surface area contributed by atoms with E-state index in [1.54, 1.807) is 36.0 Å². The molecule has 0 atom stereocenters. The van der Waals surface area contributed by atoms with E-state index >= 15 is 0 Å². The number of aliphatic hydroxyl groups excluding tert-OH is 1. The van der Waals surface area contributed by atoms with Gasteiger partial charge in [-0.25, -0.2) is 4.79 Å². The minimum Gasteiger partial charge on any atom is -0.392 e. The third kappa shape index (κ3) is 4.01. The maximum Gasteiger partial charge on any atom is 0.323 e. The molecule has 0 saturated heterocycles. The van der Waals surface area contributed by atoms with Crippen LogP contribution < -0.4 is 10.6 Å². The van der Waals surface area contributed by atoms with Gasteiger partial charge in [0.25, 0.3) is 0 Å². The molecule has 0 aliphatic carbocycles. The van der Waals surface area contributed by atoms with Crippen molar-refractivity contribution in [3.05, 3.63) is 54.1 Å². The summed E-state index contributed by atoms with van der Waals surface area (Å²) in [6.07, 6.45) is 2.01. The van der Waals surface area contributed by atoms with Gasteiger partial charge in [0.1, 0.15) is 0 Å². The Hall–Kier alpha value is -1.98. The Labute approximate surface area is 122 Å². The maximum absolute atomic E-state index is 11.8. The summed E-state index contributed by atoms with van der Waals surface area (Å²) in [4.78, 5) is 13.0. The van der Waals surface area contributed by atoms with Gasteiger partial charge in [0, 0.05) is 16.3 Å². The summed E-state index contributed by atoms with van der Waals surface area (Å²) in [6.45, 7) is -0.00569. The first-order valence-corrected chi connectivity index (χ1v) is 7.35. The molecule has 4 nitrogen and oxygen atoms in total. The minimum absolute atomic E-state index is 0.00569. The van der Waals surface area contributed by atoms with Crippen LogP contribution in [0.15, 0.2) is 53.4 Å². The fourth-order valence-corrected chi connectivity index (χ4v) is 2.07. The average Bonchev–Trinajstić information content (AvgIpc) is 2.49. The zero-order valence-electron chi connectivity index (χ0n) is 11.1. The predicted octanol–water partition coefficient (Wildman–Crippen LogP) is 3.54. The second kappa shape index (κ2) is 6.98. The molecule has 2 amide bonds. The lowest BCUT2D eigenvalue weighted by Crippen LogP contribution is -2.19. The van der Waals surface area contributed by atoms with Crippen LogP contribution in [0.5, 0.6) is 0 Å². The van der Waals surface area contributed by atoms with Crippen molar-refractivity contribution >= 4 is 29.2 Å². The van der Waals surface area contributed by atoms with E-state index in [2.05, 4.69) is 10.6 Å². The molecule has 104 valence electrons. The molecule has 0 radical (unpaired) electrons. The third-order valence-corrected chi connectivity index (χ3v) is 3.49. The highest BCUT2D eigenvalue weighted by atomic mass is 32.2. The zero-order chi connectivity index (χ0) is 14.4. The highest BCUT2D eigenvalue weighted by molar-refractivity contribution is 7.98. The number of urea groups is 1. The summed E-state index contributed by atoms with van der Waals surface area (Å²) in [6, 6.07) is 14.4. The Kier molecular flexibility index (Phi) is 5.03. The van der Waals surface area contributed by atoms with Gasteiger partial charge in [-0.2, -0.15) is 0 Å². The van der Waals surface area contributed by atoms with Gasteiger partial charge >= 0.3 is 6.03 Å². The summed E-state index contributed by atoms with van der Waals surface area (Å²) in [5.41, 5.74) is 2.23. The number of amides is 2. The topological polar surface area (TPSA) is 61.4 Å². The molecule has 0 bridgehead atoms. The van der Waals surface area contributed by atoms with E-state index < -0.39 is 0 Å². The van der Waals surface area contributed by atoms with E-state index in [4.69, 9.17) is 5.11 Å². The number of aliphatic hydroxyl groups is 1. The van der Waals surface area contributed by atoms with Gasteiger partial charge in [0.15, 0.2) is 0 Å². The molecule has 0 unspecified atom stereocenters. The van der Waals surface area contributed by atoms with Crippen LogP contribution >= 0.6 is 11.8 Å². The summed E-state index contributed by atoms with van der Waals surface area (Å²) < 4.78 is 0. The minimum atomic E-state index is -0.293. The maximum atomic E-state index is 11.8. The van der Waals surface area contributed by atoms with Gasteiger partial charge < -0.3 is 15.7 Å². The van der Waals surface area contributed by atoms with Gasteiger partial charge in [-0.05, 0) is 48.2 Å². The summed E-state index contributed by atoms with van der Waals surface area (Å²) in [5.74, 6) is 0. The average molecular weight is 288 g/mol. The van der Waals surface area contributed by atoms with E-state index in [0.717, 1.165) is 16.1 Å². The van der Waals surface area contributed by atoms with E-state index in [-0.39, 0.29) is 12.6 Å². The molecular formula is C15H16N2O2S. The van der Waals surface area contributed by atoms with E-state index in [1.165, 1.54) is 0 Å². The first-order chi connectivity index (χ1) is 9.71. The van der Waals surface area contributed by atoms with Crippen LogP contribution in [0.3, 0.4) is 0 Å². The van der Waals surface area contributed by atoms with Crippen molar-refractivity contribution in [3.63, 3.8) is 0 Å². The molecule has 5 heteroatoms. The fraction of sp³-hybridized carbons (Fsp3) is 0.133. The van der Waals surface area contributed by atoms with Gasteiger partial charge in [0.2, 0.25) is 0 Å². The van der Waals surface area contributed by atoms with Crippen LogP contribution in [-0.2, 0) is 6.61 Å². The van der Waals surface area contributed by atoms with Crippen molar-refractivity contribution in [3.8, 4) is 0 Å². The Morgan fingerprint density at radius 2 is 1.50 bits per heavy atom. The quantitative estimate of drug-likeness (QED) is 0.754. The summed E-state index contributed by atoms with van der Waals surface area (Å²) >= 11 is 1.65. The zero-order valence-corrected chi connectivity index (χ0v) is 11.9. The molecule has 2 rings (SSSR count). The number of anilines is 2. The van der Waals surface area contributed by atoms with Gasteiger partial charge in [-0.1, -0.05) is 12.1 Å². The standard InChI is InChI=1S/C15H16N2O2S/c1-20-14-8-6-13(7-9-14)17-15(19)16-12-4-2-11(10-18)3-5-12/h2-9,18H,10H2,1H3,(H2,16,17,19). The third-order valence-electron chi connectivity index (χ3n) is 2.74. The van der Waals surface area contributed by atoms with Crippen molar-refractivity contribution in [2.75, 3.05) is 16.9 Å². The van der Waals surface area contributed by atoms with Crippen molar-refractivity contribution in [2.45, 2.75) is 11.5 Å². The SMILES string of the molecule is CSc1ccc(NC(=O)Nc2ccc(CO)cc2)cc1. The highest BCUT2D eigenvalue weighted by Gasteiger charge is 2.02. The number of benzene rings is 2. The van der Waals surface area contributed by atoms with Crippen LogP contribution in [0.1, 0.15) is 5.56 Å². The van der Waals surface area contributed by atoms with E-state index in [0.29, 0.717) is 5.69 Å². The number of thioether (sulfide) groups is 1. The van der Waals surface area contributed by atoms with Gasteiger partial charge in [-0.15, -0.1) is 11.8 Å². The molecule has 20 heavy (non-hydrogen) atoms. The molecule has 2 aromatic carbocycles. The first-order valence-electron chi connectivity index (χ1n) is 6.13. The second-order valence-electron chi connectivity index (χ2n) is 4.16. The number of hydrogen-bond acceptors (Lipinski definition) is 3. The molecule has 2 aromatic rings. The number of carbonyl (C=O) groups excluding carboxylic acids is 1. The van der Waals surface area contributed by atoms with E-state index in [1.807, 2.05) is 30.5 Å². The van der Waals surface area contributed by atoms with Gasteiger partial charge in [0.05, 0.1) is 6.61 Å². The van der Waals surface area contributed by atoms with Crippen molar-refractivity contribution < 1.29 is 9.90 Å². The van der Waals surface area contributed by atoms with Crippen LogP contribution in [-0.4, -0.2) is 17.4 Å². The fourth-order valence-electron chi connectivity index (χ4n) is 1.66.